The van der Waals surface area contributed by atoms with E-state index in [0.717, 1.165) is 17.7 Å². The van der Waals surface area contributed by atoms with Crippen molar-refractivity contribution in [2.75, 3.05) is 16.3 Å². The minimum absolute atomic E-state index is 0.0318. The lowest BCUT2D eigenvalue weighted by atomic mass is 10.0. The molecule has 0 aliphatic carbocycles. The fraction of sp³-hybridized carbons (Fsp3) is 0.348. The Balaban J connectivity index is 1.65. The molecule has 2 heterocycles. The van der Waals surface area contributed by atoms with Gasteiger partial charge in [-0.3, -0.25) is 19.3 Å². The first-order valence-corrected chi connectivity index (χ1v) is 10.1. The van der Waals surface area contributed by atoms with Crippen molar-refractivity contribution in [3.8, 4) is 0 Å². The summed E-state index contributed by atoms with van der Waals surface area (Å²) in [6.07, 6.45) is 1.73. The second-order valence-electron chi connectivity index (χ2n) is 7.62. The van der Waals surface area contributed by atoms with Crippen molar-refractivity contribution in [1.82, 2.24) is 5.32 Å². The average Bonchev–Trinajstić information content (AvgIpc) is 3.13. The lowest BCUT2D eigenvalue weighted by Gasteiger charge is -2.38. The second-order valence-corrected chi connectivity index (χ2v) is 7.62. The van der Waals surface area contributed by atoms with Crippen LogP contribution in [0.25, 0.3) is 0 Å². The first kappa shape index (κ1) is 19.2. The van der Waals surface area contributed by atoms with Gasteiger partial charge in [0.05, 0.1) is 17.4 Å². The van der Waals surface area contributed by atoms with Gasteiger partial charge in [-0.2, -0.15) is 0 Å². The van der Waals surface area contributed by atoms with Crippen molar-refractivity contribution in [2.45, 2.75) is 45.2 Å². The van der Waals surface area contributed by atoms with Gasteiger partial charge in [0.1, 0.15) is 6.04 Å². The van der Waals surface area contributed by atoms with Gasteiger partial charge in [0, 0.05) is 18.5 Å². The zero-order valence-corrected chi connectivity index (χ0v) is 16.7. The Morgan fingerprint density at radius 3 is 2.62 bits per heavy atom. The molecule has 6 heteroatoms. The number of nitrogens with one attached hydrogen (secondary N) is 1. The van der Waals surface area contributed by atoms with Gasteiger partial charge in [0.2, 0.25) is 11.8 Å². The second kappa shape index (κ2) is 7.70. The van der Waals surface area contributed by atoms with Crippen LogP contribution in [0.15, 0.2) is 48.5 Å². The summed E-state index contributed by atoms with van der Waals surface area (Å²) >= 11 is 0. The number of carbonyl (C=O) groups excluding carboxylic acids is 3. The largest absolute Gasteiger partial charge is 0.346 e. The van der Waals surface area contributed by atoms with Crippen LogP contribution < -0.4 is 15.1 Å². The minimum atomic E-state index is -0.417. The van der Waals surface area contributed by atoms with Crippen molar-refractivity contribution in [3.05, 3.63) is 59.7 Å². The Hall–Kier alpha value is -3.15. The third-order valence-corrected chi connectivity index (χ3v) is 5.65. The van der Waals surface area contributed by atoms with Gasteiger partial charge in [0.15, 0.2) is 0 Å². The van der Waals surface area contributed by atoms with E-state index in [1.165, 1.54) is 0 Å². The predicted octanol–water partition coefficient (Wildman–Crippen LogP) is 3.43. The van der Waals surface area contributed by atoms with Crippen molar-refractivity contribution in [1.29, 1.82) is 0 Å². The van der Waals surface area contributed by atoms with Crippen LogP contribution >= 0.6 is 0 Å². The monoisotopic (exact) mass is 391 g/mol. The van der Waals surface area contributed by atoms with Gasteiger partial charge >= 0.3 is 0 Å². The highest BCUT2D eigenvalue weighted by Crippen LogP contribution is 2.41. The number of amides is 3. The number of carbonyl (C=O) groups is 3. The maximum Gasteiger partial charge on any atom is 0.251 e. The highest BCUT2D eigenvalue weighted by molar-refractivity contribution is 6.15. The highest BCUT2D eigenvalue weighted by atomic mass is 16.2. The molecule has 4 rings (SSSR count). The number of anilines is 2. The molecule has 1 fully saturated rings. The summed E-state index contributed by atoms with van der Waals surface area (Å²) in [4.78, 5) is 41.6. The molecule has 1 N–H and O–H groups in total. The lowest BCUT2D eigenvalue weighted by Crippen LogP contribution is -2.52. The molecule has 0 radical (unpaired) electrons. The fourth-order valence-corrected chi connectivity index (χ4v) is 4.16. The average molecular weight is 391 g/mol. The molecule has 2 aliphatic heterocycles. The molecular weight excluding hydrogens is 366 g/mol. The molecule has 2 aromatic carbocycles. The SMILES string of the molecule is CCCN1C(=O)[C@@H]2CCC(=O)N2c2ccc(C(=O)N[C@@H](C)c3ccccc3)cc21. The molecule has 0 saturated carbocycles. The number of hydrogen-bond acceptors (Lipinski definition) is 3. The summed E-state index contributed by atoms with van der Waals surface area (Å²) in [5.74, 6) is -0.293. The van der Waals surface area contributed by atoms with Crippen LogP contribution in [-0.4, -0.2) is 30.3 Å². The van der Waals surface area contributed by atoms with E-state index in [9.17, 15) is 14.4 Å². The van der Waals surface area contributed by atoms with Crippen LogP contribution in [0.1, 0.15) is 55.1 Å². The van der Waals surface area contributed by atoms with Crippen LogP contribution in [0.3, 0.4) is 0 Å². The van der Waals surface area contributed by atoms with Gasteiger partial charge in [-0.05, 0) is 43.5 Å². The minimum Gasteiger partial charge on any atom is -0.346 e. The summed E-state index contributed by atoms with van der Waals surface area (Å²) in [5.41, 5.74) is 2.86. The summed E-state index contributed by atoms with van der Waals surface area (Å²) in [5, 5.41) is 3.01. The molecular formula is C23H25N3O3. The van der Waals surface area contributed by atoms with Gasteiger partial charge < -0.3 is 10.2 Å². The molecule has 6 nitrogen and oxygen atoms in total. The van der Waals surface area contributed by atoms with Crippen molar-refractivity contribution >= 4 is 29.1 Å². The van der Waals surface area contributed by atoms with E-state index in [-0.39, 0.29) is 23.8 Å². The molecule has 0 unspecified atom stereocenters. The number of nitrogens with zero attached hydrogens (tertiary/aromatic N) is 2. The number of rotatable bonds is 5. The van der Waals surface area contributed by atoms with Crippen molar-refractivity contribution < 1.29 is 14.4 Å². The lowest BCUT2D eigenvalue weighted by molar-refractivity contribution is -0.122. The molecule has 0 bridgehead atoms. The van der Waals surface area contributed by atoms with E-state index in [0.29, 0.717) is 30.6 Å². The Kier molecular flexibility index (Phi) is 5.09. The van der Waals surface area contributed by atoms with E-state index in [4.69, 9.17) is 0 Å². The third-order valence-electron chi connectivity index (χ3n) is 5.65. The normalized spacial score (nSPS) is 19.0. The standard InChI is InChI=1S/C23H25N3O3/c1-3-13-25-20-14-17(22(28)24-15(2)16-7-5-4-6-8-16)9-10-18(20)26-19(23(25)29)11-12-21(26)27/h4-10,14-15,19H,3,11-13H2,1-2H3,(H,24,28)/t15-,19-/m0/s1. The topological polar surface area (TPSA) is 69.7 Å². The van der Waals surface area contributed by atoms with Crippen LogP contribution in [-0.2, 0) is 9.59 Å². The first-order valence-electron chi connectivity index (χ1n) is 10.1. The molecule has 150 valence electrons. The van der Waals surface area contributed by atoms with E-state index >= 15 is 0 Å². The molecule has 0 aromatic heterocycles. The first-order chi connectivity index (χ1) is 14.0. The van der Waals surface area contributed by atoms with Gasteiger partial charge in [-0.25, -0.2) is 0 Å². The fourth-order valence-electron chi connectivity index (χ4n) is 4.16. The Morgan fingerprint density at radius 2 is 1.90 bits per heavy atom. The van der Waals surface area contributed by atoms with Crippen molar-refractivity contribution in [3.63, 3.8) is 0 Å². The molecule has 2 aromatic rings. The summed E-state index contributed by atoms with van der Waals surface area (Å²) in [6.45, 7) is 4.51. The predicted molar refractivity (Wildman–Crippen MR) is 112 cm³/mol. The zero-order chi connectivity index (χ0) is 20.5. The van der Waals surface area contributed by atoms with Crippen LogP contribution in [0.4, 0.5) is 11.4 Å². The van der Waals surface area contributed by atoms with E-state index in [2.05, 4.69) is 5.32 Å². The van der Waals surface area contributed by atoms with Crippen molar-refractivity contribution in [2.24, 2.45) is 0 Å². The van der Waals surface area contributed by atoms with E-state index < -0.39 is 6.04 Å². The molecule has 3 amide bonds. The summed E-state index contributed by atoms with van der Waals surface area (Å²) in [6, 6.07) is 14.5. The van der Waals surface area contributed by atoms with Crippen LogP contribution in [0.2, 0.25) is 0 Å². The van der Waals surface area contributed by atoms with E-state index in [1.54, 1.807) is 28.0 Å². The molecule has 1 saturated heterocycles. The van der Waals surface area contributed by atoms with Crippen LogP contribution in [0, 0.1) is 0 Å². The smallest absolute Gasteiger partial charge is 0.251 e. The van der Waals surface area contributed by atoms with Gasteiger partial charge in [0.25, 0.3) is 5.91 Å². The molecule has 0 spiro atoms. The Morgan fingerprint density at radius 1 is 1.14 bits per heavy atom. The Bertz CT molecular complexity index is 957. The quantitative estimate of drug-likeness (QED) is 0.849. The third kappa shape index (κ3) is 3.39. The summed E-state index contributed by atoms with van der Waals surface area (Å²) < 4.78 is 0. The summed E-state index contributed by atoms with van der Waals surface area (Å²) in [7, 11) is 0. The highest BCUT2D eigenvalue weighted by Gasteiger charge is 2.44. The van der Waals surface area contributed by atoms with E-state index in [1.807, 2.05) is 44.2 Å². The molecule has 2 atom stereocenters. The van der Waals surface area contributed by atoms with Gasteiger partial charge in [-0.15, -0.1) is 0 Å². The number of fused-ring (bicyclic) bond motifs is 3. The number of hydrogen-bond donors (Lipinski definition) is 1. The Labute approximate surface area is 170 Å². The van der Waals surface area contributed by atoms with Crippen LogP contribution in [0.5, 0.6) is 0 Å². The molecule has 29 heavy (non-hydrogen) atoms. The molecule has 2 aliphatic rings. The van der Waals surface area contributed by atoms with Gasteiger partial charge in [-0.1, -0.05) is 37.3 Å². The maximum absolute atomic E-state index is 13.0. The number of benzene rings is 2. The zero-order valence-electron chi connectivity index (χ0n) is 16.7. The maximum atomic E-state index is 13.0.